The van der Waals surface area contributed by atoms with Gasteiger partial charge in [-0.15, -0.1) is 0 Å². The SMILES string of the molecule is COCCOCCOCCC(=O)N[C@H]1C[C@@H]2CC[C@@]1(C)C2(C)C. The first-order valence-corrected chi connectivity index (χ1v) is 8.85. The van der Waals surface area contributed by atoms with E-state index in [0.717, 1.165) is 12.3 Å². The molecular formula is C18H33NO4. The van der Waals surface area contributed by atoms with Gasteiger partial charge in [0.05, 0.1) is 33.0 Å². The first-order valence-electron chi connectivity index (χ1n) is 8.85. The second-order valence-corrected chi connectivity index (χ2v) is 7.70. The van der Waals surface area contributed by atoms with E-state index >= 15 is 0 Å². The number of rotatable bonds is 10. The first-order chi connectivity index (χ1) is 10.9. The monoisotopic (exact) mass is 327 g/mol. The van der Waals surface area contributed by atoms with E-state index in [0.29, 0.717) is 50.9 Å². The lowest BCUT2D eigenvalue weighted by atomic mass is 9.69. The van der Waals surface area contributed by atoms with Crippen LogP contribution in [0.3, 0.4) is 0 Å². The van der Waals surface area contributed by atoms with Crippen LogP contribution < -0.4 is 5.32 Å². The molecule has 0 aliphatic heterocycles. The fraction of sp³-hybridized carbons (Fsp3) is 0.944. The average molecular weight is 327 g/mol. The van der Waals surface area contributed by atoms with Crippen LogP contribution in [0.15, 0.2) is 0 Å². The topological polar surface area (TPSA) is 56.8 Å². The molecule has 0 radical (unpaired) electrons. The number of carbonyl (C=O) groups is 1. The van der Waals surface area contributed by atoms with Crippen molar-refractivity contribution in [2.75, 3.05) is 40.1 Å². The highest BCUT2D eigenvalue weighted by Crippen LogP contribution is 2.65. The van der Waals surface area contributed by atoms with Gasteiger partial charge in [-0.3, -0.25) is 4.79 Å². The Morgan fingerprint density at radius 2 is 1.74 bits per heavy atom. The molecule has 3 atom stereocenters. The summed E-state index contributed by atoms with van der Waals surface area (Å²) in [6, 6.07) is 0.320. The molecule has 23 heavy (non-hydrogen) atoms. The predicted molar refractivity (Wildman–Crippen MR) is 89.3 cm³/mol. The Hall–Kier alpha value is -0.650. The Bertz CT molecular complexity index is 398. The molecule has 5 heteroatoms. The first kappa shape index (κ1) is 18.7. The number of nitrogens with one attached hydrogen (secondary N) is 1. The molecule has 0 aromatic carbocycles. The van der Waals surface area contributed by atoms with Gasteiger partial charge in [0.25, 0.3) is 0 Å². The highest BCUT2D eigenvalue weighted by atomic mass is 16.5. The lowest BCUT2D eigenvalue weighted by molar-refractivity contribution is -0.124. The van der Waals surface area contributed by atoms with Crippen LogP contribution in [0.2, 0.25) is 0 Å². The van der Waals surface area contributed by atoms with Crippen LogP contribution in [-0.4, -0.2) is 52.1 Å². The molecule has 2 bridgehead atoms. The van der Waals surface area contributed by atoms with Gasteiger partial charge >= 0.3 is 0 Å². The molecule has 2 aliphatic rings. The van der Waals surface area contributed by atoms with Gasteiger partial charge in [0, 0.05) is 19.6 Å². The van der Waals surface area contributed by atoms with Gasteiger partial charge in [0.15, 0.2) is 0 Å². The van der Waals surface area contributed by atoms with E-state index in [2.05, 4.69) is 26.1 Å². The highest BCUT2D eigenvalue weighted by molar-refractivity contribution is 5.76. The summed E-state index contributed by atoms with van der Waals surface area (Å²) >= 11 is 0. The van der Waals surface area contributed by atoms with E-state index in [1.165, 1.54) is 12.8 Å². The van der Waals surface area contributed by atoms with Crippen LogP contribution in [0.25, 0.3) is 0 Å². The summed E-state index contributed by atoms with van der Waals surface area (Å²) in [5, 5.41) is 3.26. The van der Waals surface area contributed by atoms with Crippen molar-refractivity contribution in [2.24, 2.45) is 16.7 Å². The largest absolute Gasteiger partial charge is 0.382 e. The van der Waals surface area contributed by atoms with Crippen molar-refractivity contribution in [3.63, 3.8) is 0 Å². The molecule has 0 heterocycles. The average Bonchev–Trinajstić information content (AvgIpc) is 2.83. The molecule has 2 rings (SSSR count). The van der Waals surface area contributed by atoms with Crippen LogP contribution in [0.4, 0.5) is 0 Å². The summed E-state index contributed by atoms with van der Waals surface area (Å²) in [6.07, 6.45) is 4.09. The number of carbonyl (C=O) groups excluding carboxylic acids is 1. The van der Waals surface area contributed by atoms with Gasteiger partial charge in [0.1, 0.15) is 0 Å². The van der Waals surface area contributed by atoms with Gasteiger partial charge in [-0.05, 0) is 36.0 Å². The third kappa shape index (κ3) is 4.06. The fourth-order valence-electron chi connectivity index (χ4n) is 4.32. The smallest absolute Gasteiger partial charge is 0.222 e. The van der Waals surface area contributed by atoms with Gasteiger partial charge in [0.2, 0.25) is 5.91 Å². The molecule has 0 spiro atoms. The highest BCUT2D eigenvalue weighted by Gasteiger charge is 2.61. The molecule has 1 amide bonds. The number of fused-ring (bicyclic) bond motifs is 2. The van der Waals surface area contributed by atoms with Crippen molar-refractivity contribution >= 4 is 5.91 Å². The summed E-state index contributed by atoms with van der Waals surface area (Å²) in [5.41, 5.74) is 0.574. The van der Waals surface area contributed by atoms with Gasteiger partial charge in [-0.1, -0.05) is 20.8 Å². The number of amides is 1. The zero-order chi connectivity index (χ0) is 16.9. The Balaban J connectivity index is 1.59. The summed E-state index contributed by atoms with van der Waals surface area (Å²) in [7, 11) is 1.65. The zero-order valence-corrected chi connectivity index (χ0v) is 15.2. The molecular weight excluding hydrogens is 294 g/mol. The van der Waals surface area contributed by atoms with E-state index in [9.17, 15) is 4.79 Å². The number of methoxy groups -OCH3 is 1. The van der Waals surface area contributed by atoms with Crippen molar-refractivity contribution in [2.45, 2.75) is 52.5 Å². The number of hydrogen-bond acceptors (Lipinski definition) is 4. The van der Waals surface area contributed by atoms with Crippen molar-refractivity contribution in [3.05, 3.63) is 0 Å². The molecule has 5 nitrogen and oxygen atoms in total. The molecule has 0 unspecified atom stereocenters. The lowest BCUT2D eigenvalue weighted by Gasteiger charge is -2.39. The minimum Gasteiger partial charge on any atom is -0.382 e. The van der Waals surface area contributed by atoms with Gasteiger partial charge in [-0.2, -0.15) is 0 Å². The minimum atomic E-state index is 0.111. The van der Waals surface area contributed by atoms with E-state index in [-0.39, 0.29) is 11.3 Å². The lowest BCUT2D eigenvalue weighted by Crippen LogP contribution is -2.47. The predicted octanol–water partition coefficient (Wildman–Crippen LogP) is 2.39. The molecule has 1 N–H and O–H groups in total. The number of ether oxygens (including phenoxy) is 3. The molecule has 0 aromatic rings. The molecule has 134 valence electrons. The molecule has 0 aromatic heterocycles. The Morgan fingerprint density at radius 1 is 1.09 bits per heavy atom. The Labute approximate surface area is 140 Å². The van der Waals surface area contributed by atoms with E-state index in [1.54, 1.807) is 7.11 Å². The maximum atomic E-state index is 12.2. The molecule has 2 fully saturated rings. The second-order valence-electron chi connectivity index (χ2n) is 7.70. The zero-order valence-electron chi connectivity index (χ0n) is 15.2. The van der Waals surface area contributed by atoms with Gasteiger partial charge in [-0.25, -0.2) is 0 Å². The van der Waals surface area contributed by atoms with Crippen molar-refractivity contribution in [3.8, 4) is 0 Å². The second kappa shape index (κ2) is 7.95. The number of hydrogen-bond donors (Lipinski definition) is 1. The fourth-order valence-corrected chi connectivity index (χ4v) is 4.32. The van der Waals surface area contributed by atoms with Gasteiger partial charge < -0.3 is 19.5 Å². The summed E-state index contributed by atoms with van der Waals surface area (Å²) in [6.45, 7) is 9.77. The third-order valence-electron chi connectivity index (χ3n) is 6.41. The van der Waals surface area contributed by atoms with Crippen LogP contribution in [-0.2, 0) is 19.0 Å². The normalized spacial score (nSPS) is 31.5. The quantitative estimate of drug-likeness (QED) is 0.626. The van der Waals surface area contributed by atoms with Crippen LogP contribution in [0, 0.1) is 16.7 Å². The van der Waals surface area contributed by atoms with Crippen LogP contribution >= 0.6 is 0 Å². The Morgan fingerprint density at radius 3 is 2.30 bits per heavy atom. The summed E-state index contributed by atoms with van der Waals surface area (Å²) in [4.78, 5) is 12.2. The standard InChI is InChI=1S/C18H33NO4/c1-17(2)14-5-7-18(17,3)15(13-14)19-16(20)6-8-22-11-12-23-10-9-21-4/h14-15H,5-13H2,1-4H3,(H,19,20)/t14-,15-,18+/m0/s1. The molecule has 2 aliphatic carbocycles. The van der Waals surface area contributed by atoms with Crippen LogP contribution in [0.5, 0.6) is 0 Å². The Kier molecular flexibility index (Phi) is 6.46. The molecule has 0 saturated heterocycles. The summed E-state index contributed by atoms with van der Waals surface area (Å²) < 4.78 is 15.6. The molecule has 2 saturated carbocycles. The minimum absolute atomic E-state index is 0.111. The van der Waals surface area contributed by atoms with Crippen molar-refractivity contribution < 1.29 is 19.0 Å². The maximum Gasteiger partial charge on any atom is 0.222 e. The van der Waals surface area contributed by atoms with E-state index in [1.807, 2.05) is 0 Å². The maximum absolute atomic E-state index is 12.2. The van der Waals surface area contributed by atoms with Crippen molar-refractivity contribution in [1.29, 1.82) is 0 Å². The third-order valence-corrected chi connectivity index (χ3v) is 6.41. The van der Waals surface area contributed by atoms with E-state index in [4.69, 9.17) is 14.2 Å². The van der Waals surface area contributed by atoms with E-state index < -0.39 is 0 Å². The van der Waals surface area contributed by atoms with Crippen molar-refractivity contribution in [1.82, 2.24) is 5.32 Å². The van der Waals surface area contributed by atoms with Crippen LogP contribution in [0.1, 0.15) is 46.5 Å². The summed E-state index contributed by atoms with van der Waals surface area (Å²) in [5.74, 6) is 0.859.